The summed E-state index contributed by atoms with van der Waals surface area (Å²) in [6, 6.07) is 13.0. The Kier molecular flexibility index (Phi) is 6.30. The molecule has 32 heavy (non-hydrogen) atoms. The third-order valence-corrected chi connectivity index (χ3v) is 5.88. The van der Waals surface area contributed by atoms with Gasteiger partial charge in [-0.05, 0) is 32.3 Å². The Labute approximate surface area is 191 Å². The first-order valence-electron chi connectivity index (χ1n) is 10.4. The summed E-state index contributed by atoms with van der Waals surface area (Å²) in [7, 11) is 3.64. The maximum Gasteiger partial charge on any atom is 0.237 e. The zero-order chi connectivity index (χ0) is 22.7. The molecule has 166 valence electrons. The number of aromatic nitrogens is 1. The van der Waals surface area contributed by atoms with Gasteiger partial charge in [0.05, 0.1) is 30.5 Å². The Balaban J connectivity index is 1.72. The quantitative estimate of drug-likeness (QED) is 0.600. The van der Waals surface area contributed by atoms with Crippen molar-refractivity contribution in [3.8, 4) is 5.75 Å². The first-order chi connectivity index (χ1) is 15.4. The molecule has 1 atom stereocenters. The molecule has 0 bridgehead atoms. The average Bonchev–Trinajstić information content (AvgIpc) is 2.77. The summed E-state index contributed by atoms with van der Waals surface area (Å²) in [6.45, 7) is 0.698. The number of rotatable bonds is 6. The molecule has 2 N–H and O–H groups in total. The molecular formula is C24H25ClN4O3. The molecule has 1 aliphatic rings. The highest BCUT2D eigenvalue weighted by molar-refractivity contribution is 6.30. The highest BCUT2D eigenvalue weighted by Crippen LogP contribution is 2.41. The second-order valence-corrected chi connectivity index (χ2v) is 8.63. The Morgan fingerprint density at radius 1 is 1.19 bits per heavy atom. The second kappa shape index (κ2) is 9.14. The number of hydrogen-bond donors (Lipinski definition) is 2. The standard InChI is InChI=1S/C24H25ClN4O3/c1-29(2)14-22(30)27-15-24(9-10-32-21-8-7-17(25)11-19(21)24)23(31)28-20-13-26-12-16-5-3-4-6-18(16)20/h3-8,11-13H,9-10,14-15H2,1-2H3,(H,27,30)(H,28,31)/t24-/m0/s1. The fourth-order valence-corrected chi connectivity index (χ4v) is 4.19. The van der Waals surface area contributed by atoms with E-state index in [0.717, 1.165) is 10.8 Å². The van der Waals surface area contributed by atoms with Crippen LogP contribution in [0, 0.1) is 0 Å². The number of nitrogens with one attached hydrogen (secondary N) is 2. The molecule has 0 saturated heterocycles. The van der Waals surface area contributed by atoms with E-state index in [-0.39, 0.29) is 24.9 Å². The molecule has 8 heteroatoms. The third kappa shape index (κ3) is 4.40. The smallest absolute Gasteiger partial charge is 0.237 e. The normalized spacial score (nSPS) is 17.5. The number of carbonyl (C=O) groups excluding carboxylic acids is 2. The molecule has 0 radical (unpaired) electrons. The minimum Gasteiger partial charge on any atom is -0.493 e. The fourth-order valence-electron chi connectivity index (χ4n) is 4.02. The van der Waals surface area contributed by atoms with Crippen LogP contribution < -0.4 is 15.4 Å². The van der Waals surface area contributed by atoms with Crippen molar-refractivity contribution in [2.24, 2.45) is 0 Å². The minimum absolute atomic E-state index is 0.125. The van der Waals surface area contributed by atoms with E-state index >= 15 is 0 Å². The summed E-state index contributed by atoms with van der Waals surface area (Å²) in [5.41, 5.74) is 0.228. The minimum atomic E-state index is -1.04. The number of amides is 2. The van der Waals surface area contributed by atoms with E-state index in [2.05, 4.69) is 15.6 Å². The van der Waals surface area contributed by atoms with Crippen molar-refractivity contribution in [3.05, 3.63) is 65.4 Å². The third-order valence-electron chi connectivity index (χ3n) is 5.64. The van der Waals surface area contributed by atoms with Crippen LogP contribution in [0.1, 0.15) is 12.0 Å². The molecule has 1 aliphatic heterocycles. The van der Waals surface area contributed by atoms with Crippen LogP contribution in [-0.2, 0) is 15.0 Å². The van der Waals surface area contributed by atoms with Gasteiger partial charge in [-0.25, -0.2) is 0 Å². The van der Waals surface area contributed by atoms with Gasteiger partial charge in [0.1, 0.15) is 5.75 Å². The molecule has 2 amide bonds. The van der Waals surface area contributed by atoms with Crippen LogP contribution in [0.5, 0.6) is 5.75 Å². The van der Waals surface area contributed by atoms with Crippen molar-refractivity contribution in [2.45, 2.75) is 11.8 Å². The number of pyridine rings is 1. The van der Waals surface area contributed by atoms with E-state index < -0.39 is 5.41 Å². The van der Waals surface area contributed by atoms with Crippen molar-refractivity contribution in [1.29, 1.82) is 0 Å². The zero-order valence-electron chi connectivity index (χ0n) is 18.0. The topological polar surface area (TPSA) is 83.6 Å². The Morgan fingerprint density at radius 2 is 2.00 bits per heavy atom. The first-order valence-corrected chi connectivity index (χ1v) is 10.8. The maximum atomic E-state index is 13.8. The van der Waals surface area contributed by atoms with E-state index in [1.807, 2.05) is 38.4 Å². The summed E-state index contributed by atoms with van der Waals surface area (Å²) in [5, 5.41) is 8.30. The molecular weight excluding hydrogens is 428 g/mol. The summed E-state index contributed by atoms with van der Waals surface area (Å²) < 4.78 is 5.80. The molecule has 0 spiro atoms. The van der Waals surface area contributed by atoms with Gasteiger partial charge in [0.25, 0.3) is 0 Å². The lowest BCUT2D eigenvalue weighted by atomic mass is 9.74. The van der Waals surface area contributed by atoms with Crippen LogP contribution >= 0.6 is 11.6 Å². The van der Waals surface area contributed by atoms with Gasteiger partial charge < -0.3 is 20.3 Å². The van der Waals surface area contributed by atoms with Crippen molar-refractivity contribution in [1.82, 2.24) is 15.2 Å². The fraction of sp³-hybridized carbons (Fsp3) is 0.292. The van der Waals surface area contributed by atoms with Crippen LogP contribution in [0.2, 0.25) is 5.02 Å². The number of ether oxygens (including phenoxy) is 1. The van der Waals surface area contributed by atoms with Gasteiger partial charge in [0.2, 0.25) is 11.8 Å². The largest absolute Gasteiger partial charge is 0.493 e. The molecule has 1 aromatic heterocycles. The summed E-state index contributed by atoms with van der Waals surface area (Å²) in [6.07, 6.45) is 3.79. The molecule has 0 aliphatic carbocycles. The van der Waals surface area contributed by atoms with Crippen molar-refractivity contribution in [2.75, 3.05) is 39.1 Å². The van der Waals surface area contributed by atoms with Crippen molar-refractivity contribution >= 4 is 39.9 Å². The molecule has 3 aromatic rings. The highest BCUT2D eigenvalue weighted by atomic mass is 35.5. The van der Waals surface area contributed by atoms with Crippen LogP contribution in [0.3, 0.4) is 0 Å². The lowest BCUT2D eigenvalue weighted by Crippen LogP contribution is -2.52. The van der Waals surface area contributed by atoms with Crippen molar-refractivity contribution in [3.63, 3.8) is 0 Å². The monoisotopic (exact) mass is 452 g/mol. The Hall–Kier alpha value is -3.16. The highest BCUT2D eigenvalue weighted by Gasteiger charge is 2.45. The number of carbonyl (C=O) groups is 2. The van der Waals surface area contributed by atoms with E-state index in [4.69, 9.17) is 16.3 Å². The van der Waals surface area contributed by atoms with Gasteiger partial charge in [0, 0.05) is 40.5 Å². The summed E-state index contributed by atoms with van der Waals surface area (Å²) >= 11 is 6.29. The zero-order valence-corrected chi connectivity index (χ0v) is 18.8. The number of benzene rings is 2. The molecule has 4 rings (SSSR count). The number of hydrogen-bond acceptors (Lipinski definition) is 5. The average molecular weight is 453 g/mol. The maximum absolute atomic E-state index is 13.8. The van der Waals surface area contributed by atoms with E-state index in [0.29, 0.717) is 35.1 Å². The van der Waals surface area contributed by atoms with E-state index in [9.17, 15) is 9.59 Å². The van der Waals surface area contributed by atoms with Crippen LogP contribution in [-0.4, -0.2) is 55.5 Å². The van der Waals surface area contributed by atoms with Gasteiger partial charge in [-0.2, -0.15) is 0 Å². The lowest BCUT2D eigenvalue weighted by molar-refractivity contribution is -0.124. The van der Waals surface area contributed by atoms with Gasteiger partial charge in [-0.3, -0.25) is 14.6 Å². The molecule has 0 unspecified atom stereocenters. The number of fused-ring (bicyclic) bond motifs is 2. The van der Waals surface area contributed by atoms with Crippen LogP contribution in [0.4, 0.5) is 5.69 Å². The van der Waals surface area contributed by atoms with E-state index in [1.54, 1.807) is 35.5 Å². The van der Waals surface area contributed by atoms with Gasteiger partial charge in [0.15, 0.2) is 0 Å². The SMILES string of the molecule is CN(C)CC(=O)NC[C@@]1(C(=O)Nc2cncc3ccccc23)CCOc2ccc(Cl)cc21. The lowest BCUT2D eigenvalue weighted by Gasteiger charge is -2.38. The van der Waals surface area contributed by atoms with E-state index in [1.165, 1.54) is 0 Å². The Bertz CT molecular complexity index is 1160. The molecule has 2 aromatic carbocycles. The second-order valence-electron chi connectivity index (χ2n) is 8.20. The number of anilines is 1. The number of likely N-dealkylation sites (N-methyl/N-ethyl adjacent to an activating group) is 1. The first kappa shape index (κ1) is 22.0. The van der Waals surface area contributed by atoms with Crippen LogP contribution in [0.25, 0.3) is 10.8 Å². The van der Waals surface area contributed by atoms with Crippen molar-refractivity contribution < 1.29 is 14.3 Å². The number of nitrogens with zero attached hydrogens (tertiary/aromatic N) is 2. The molecule has 7 nitrogen and oxygen atoms in total. The summed E-state index contributed by atoms with van der Waals surface area (Å²) in [5.74, 6) is 0.186. The van der Waals surface area contributed by atoms with Gasteiger partial charge in [-0.1, -0.05) is 35.9 Å². The number of halogens is 1. The molecule has 2 heterocycles. The molecule has 0 fully saturated rings. The molecule has 0 saturated carbocycles. The Morgan fingerprint density at radius 3 is 2.81 bits per heavy atom. The van der Waals surface area contributed by atoms with Gasteiger partial charge >= 0.3 is 0 Å². The predicted molar refractivity (Wildman–Crippen MR) is 125 cm³/mol. The van der Waals surface area contributed by atoms with Gasteiger partial charge in [-0.15, -0.1) is 0 Å². The van der Waals surface area contributed by atoms with Crippen LogP contribution in [0.15, 0.2) is 54.9 Å². The predicted octanol–water partition coefficient (Wildman–Crippen LogP) is 3.23. The summed E-state index contributed by atoms with van der Waals surface area (Å²) in [4.78, 5) is 32.3.